The van der Waals surface area contributed by atoms with Gasteiger partial charge < -0.3 is 0 Å². The Balaban J connectivity index is 1.84. The van der Waals surface area contributed by atoms with Crippen LogP contribution in [0.5, 0.6) is 0 Å². The first-order valence-electron chi connectivity index (χ1n) is 3.90. The van der Waals surface area contributed by atoms with E-state index in [0.29, 0.717) is 0 Å². The highest BCUT2D eigenvalue weighted by molar-refractivity contribution is 5.45. The van der Waals surface area contributed by atoms with Gasteiger partial charge in [-0.1, -0.05) is 0 Å². The molecule has 0 radical (unpaired) electrons. The van der Waals surface area contributed by atoms with Crippen molar-refractivity contribution < 1.29 is 0 Å². The summed E-state index contributed by atoms with van der Waals surface area (Å²) in [5, 5.41) is 0. The second kappa shape index (κ2) is 0.521. The fourth-order valence-corrected chi connectivity index (χ4v) is 3.56. The third-order valence-electron chi connectivity index (χ3n) is 4.25. The van der Waals surface area contributed by atoms with Crippen molar-refractivity contribution in [1.82, 2.24) is 0 Å². The maximum Gasteiger partial charge on any atom is -0.0224 e. The van der Waals surface area contributed by atoms with Gasteiger partial charge in [-0.05, 0) is 48.3 Å². The highest BCUT2D eigenvalue weighted by Crippen LogP contribution is 3.03. The maximum atomic E-state index is 1.62. The summed E-state index contributed by atoms with van der Waals surface area (Å²) in [4.78, 5) is 0. The van der Waals surface area contributed by atoms with Gasteiger partial charge in [0, 0.05) is 0 Å². The van der Waals surface area contributed by atoms with Crippen LogP contribution in [0.2, 0.25) is 0 Å². The van der Waals surface area contributed by atoms with Crippen LogP contribution in [-0.4, -0.2) is 0 Å². The van der Waals surface area contributed by atoms with Gasteiger partial charge in [-0.25, -0.2) is 0 Å². The number of hydrogen-bond acceptors (Lipinski definition) is 0. The smallest absolute Gasteiger partial charge is 0.0224 e. The first-order chi connectivity index (χ1) is 3.90. The highest BCUT2D eigenvalue weighted by atomic mass is 15.0. The Labute approximate surface area is 49.3 Å². The molecule has 0 atom stereocenters. The molecule has 0 nitrogen and oxygen atoms in total. The average Bonchev–Trinajstić information content (AvgIpc) is 2.59. The third-order valence-corrected chi connectivity index (χ3v) is 4.25. The largest absolute Gasteiger partial charge is 0.0465 e. The minimum atomic E-state index is 1.05. The first kappa shape index (κ1) is 3.24. The minimum absolute atomic E-state index is 1.05. The predicted molar refractivity (Wildman–Crippen MR) is 30.3 cm³/mol. The highest BCUT2D eigenvalue weighted by Gasteiger charge is 2.97. The summed E-state index contributed by atoms with van der Waals surface area (Å²) in [6, 6.07) is 0. The van der Waals surface area contributed by atoms with Crippen LogP contribution in [0.4, 0.5) is 0 Å². The summed E-state index contributed by atoms with van der Waals surface area (Å²) >= 11 is 0. The molecule has 4 aliphatic rings. The van der Waals surface area contributed by atoms with Crippen molar-refractivity contribution in [3.63, 3.8) is 0 Å². The SMILES string of the molecule is C1CC12C1C2C12CC2. The number of fused-ring (bicyclic) bond motifs is 5. The molecule has 0 heteroatoms. The van der Waals surface area contributed by atoms with E-state index in [2.05, 4.69) is 0 Å². The Morgan fingerprint density at radius 3 is 1.38 bits per heavy atom. The van der Waals surface area contributed by atoms with E-state index < -0.39 is 0 Å². The van der Waals surface area contributed by atoms with Gasteiger partial charge in [-0.2, -0.15) is 0 Å². The van der Waals surface area contributed by atoms with Gasteiger partial charge in [0.15, 0.2) is 0 Å². The molecule has 0 bridgehead atoms. The zero-order valence-corrected chi connectivity index (χ0v) is 4.98. The molecule has 0 amide bonds. The predicted octanol–water partition coefficient (Wildman–Crippen LogP) is 1.81. The van der Waals surface area contributed by atoms with Gasteiger partial charge in [-0.15, -0.1) is 0 Å². The van der Waals surface area contributed by atoms with Gasteiger partial charge in [-0.3, -0.25) is 0 Å². The summed E-state index contributed by atoms with van der Waals surface area (Å²) in [6.07, 6.45) is 6.46. The molecule has 4 rings (SSSR count). The number of rotatable bonds is 0. The van der Waals surface area contributed by atoms with Crippen LogP contribution < -0.4 is 0 Å². The molecule has 0 aromatic rings. The molecule has 0 N–H and O–H groups in total. The van der Waals surface area contributed by atoms with E-state index in [1.165, 1.54) is 11.8 Å². The van der Waals surface area contributed by atoms with Crippen molar-refractivity contribution in [2.24, 2.45) is 22.7 Å². The Morgan fingerprint density at radius 1 is 0.750 bits per heavy atom. The Kier molecular flexibility index (Phi) is 0.211. The van der Waals surface area contributed by atoms with E-state index in [1.54, 1.807) is 25.7 Å². The molecule has 4 fully saturated rings. The van der Waals surface area contributed by atoms with E-state index in [0.717, 1.165) is 10.8 Å². The van der Waals surface area contributed by atoms with E-state index in [4.69, 9.17) is 0 Å². The molecule has 4 aliphatic carbocycles. The summed E-state index contributed by atoms with van der Waals surface area (Å²) in [5.41, 5.74) is 2.10. The Morgan fingerprint density at radius 2 is 1.12 bits per heavy atom. The first-order valence-corrected chi connectivity index (χ1v) is 3.90. The van der Waals surface area contributed by atoms with Crippen LogP contribution in [-0.2, 0) is 0 Å². The monoisotopic (exact) mass is 106 g/mol. The molecule has 0 unspecified atom stereocenters. The summed E-state index contributed by atoms with van der Waals surface area (Å²) in [7, 11) is 0. The third kappa shape index (κ3) is 0.130. The maximum absolute atomic E-state index is 1.62. The quantitative estimate of drug-likeness (QED) is 0.441. The molecule has 0 aromatic heterocycles. The summed E-state index contributed by atoms with van der Waals surface area (Å²) < 4.78 is 0. The van der Waals surface area contributed by atoms with E-state index in [1.807, 2.05) is 0 Å². The van der Waals surface area contributed by atoms with E-state index in [9.17, 15) is 0 Å². The molecule has 4 saturated carbocycles. The zero-order chi connectivity index (χ0) is 4.98. The second-order valence-electron chi connectivity index (χ2n) is 4.42. The molecule has 2 spiro atoms. The lowest BCUT2D eigenvalue weighted by molar-refractivity contribution is 0.443. The lowest BCUT2D eigenvalue weighted by Crippen LogP contribution is -1.98. The van der Waals surface area contributed by atoms with Crippen molar-refractivity contribution in [3.05, 3.63) is 0 Å². The minimum Gasteiger partial charge on any atom is -0.0465 e. The van der Waals surface area contributed by atoms with Crippen molar-refractivity contribution >= 4 is 0 Å². The molecule has 8 heavy (non-hydrogen) atoms. The lowest BCUT2D eigenvalue weighted by Gasteiger charge is -2.03. The van der Waals surface area contributed by atoms with Crippen molar-refractivity contribution in [2.75, 3.05) is 0 Å². The van der Waals surface area contributed by atoms with Crippen LogP contribution in [0.1, 0.15) is 25.7 Å². The standard InChI is InChI=1S/C8H10/c1-2-7(1)5-6(7)8(5)3-4-8/h5-6H,1-4H2. The molecule has 42 valence electrons. The topological polar surface area (TPSA) is 0 Å². The van der Waals surface area contributed by atoms with Gasteiger partial charge in [0.25, 0.3) is 0 Å². The van der Waals surface area contributed by atoms with Crippen LogP contribution in [0.3, 0.4) is 0 Å². The zero-order valence-electron chi connectivity index (χ0n) is 4.98. The number of hydrogen-bond donors (Lipinski definition) is 0. The lowest BCUT2D eigenvalue weighted by atomic mass is 10.0. The summed E-state index contributed by atoms with van der Waals surface area (Å²) in [6.45, 7) is 0. The van der Waals surface area contributed by atoms with Crippen LogP contribution in [0.25, 0.3) is 0 Å². The second-order valence-corrected chi connectivity index (χ2v) is 4.42. The Hall–Kier alpha value is 0. The van der Waals surface area contributed by atoms with E-state index >= 15 is 0 Å². The van der Waals surface area contributed by atoms with Crippen LogP contribution in [0, 0.1) is 22.7 Å². The van der Waals surface area contributed by atoms with Gasteiger partial charge in [0.1, 0.15) is 0 Å². The van der Waals surface area contributed by atoms with Gasteiger partial charge >= 0.3 is 0 Å². The van der Waals surface area contributed by atoms with Gasteiger partial charge in [0.05, 0.1) is 0 Å². The molecule has 0 aromatic carbocycles. The molecule has 0 aliphatic heterocycles. The molecular weight excluding hydrogens is 96.1 g/mol. The van der Waals surface area contributed by atoms with E-state index in [-0.39, 0.29) is 0 Å². The van der Waals surface area contributed by atoms with Crippen LogP contribution >= 0.6 is 0 Å². The van der Waals surface area contributed by atoms with Crippen molar-refractivity contribution in [3.8, 4) is 0 Å². The average molecular weight is 106 g/mol. The molecule has 0 heterocycles. The van der Waals surface area contributed by atoms with Crippen molar-refractivity contribution in [2.45, 2.75) is 25.7 Å². The molecular formula is C8H10. The fraction of sp³-hybridized carbons (Fsp3) is 1.00. The normalized spacial score (nSPS) is 63.0. The van der Waals surface area contributed by atoms with Crippen LogP contribution in [0.15, 0.2) is 0 Å². The summed E-state index contributed by atoms with van der Waals surface area (Å²) in [5.74, 6) is 2.60. The fourth-order valence-electron chi connectivity index (χ4n) is 3.56. The van der Waals surface area contributed by atoms with Crippen molar-refractivity contribution in [1.29, 1.82) is 0 Å². The Bertz CT molecular complexity index is 150. The van der Waals surface area contributed by atoms with Gasteiger partial charge in [0.2, 0.25) is 0 Å². The molecule has 0 saturated heterocycles.